The second kappa shape index (κ2) is 69.7. The fourth-order valence-electron chi connectivity index (χ4n) is 0.610. The third kappa shape index (κ3) is 147. The Morgan fingerprint density at radius 2 is 0.812 bits per heavy atom. The van der Waals surface area contributed by atoms with E-state index in [0.717, 1.165) is 44.9 Å². The number of aliphatic carboxylic acids is 1. The third-order valence-corrected chi connectivity index (χ3v) is 2.44. The van der Waals surface area contributed by atoms with Gasteiger partial charge in [-0.15, -0.1) is 0 Å². The molecule has 0 aromatic rings. The minimum absolute atomic E-state index is 0. The molecule has 0 bridgehead atoms. The summed E-state index contributed by atoms with van der Waals surface area (Å²) in [4.78, 5) is 20.0. The second-order valence-electron chi connectivity index (χ2n) is 5.79. The molecule has 0 aromatic carbocycles. The molecule has 0 spiro atoms. The predicted octanol–water partition coefficient (Wildman–Crippen LogP) is 1.98. The average Bonchev–Trinajstić information content (AvgIpc) is 2.75. The smallest absolute Gasteiger partial charge is 0.310 e. The molecule has 0 atom stereocenters. The molecule has 0 aliphatic carbocycles. The molecule has 10 heteroatoms. The quantitative estimate of drug-likeness (QED) is 0.173. The number of carbonyl (C=O) groups is 2. The van der Waals surface area contributed by atoms with Crippen molar-refractivity contribution in [1.82, 2.24) is 0 Å². The zero-order valence-electron chi connectivity index (χ0n) is 20.9. The molecule has 0 amide bonds. The van der Waals surface area contributed by atoms with Crippen LogP contribution in [0.25, 0.3) is 0 Å². The topological polar surface area (TPSA) is 156 Å². The number of aliphatic hydroxyl groups excluding tert-OH is 5. The van der Waals surface area contributed by atoms with Crippen LogP contribution in [0.3, 0.4) is 0 Å². The number of aliphatic hydroxyl groups is 5. The number of rotatable bonds is 10. The molecule has 0 fully saturated rings. The third-order valence-electron chi connectivity index (χ3n) is 2.44. The average molecular weight is 566 g/mol. The van der Waals surface area contributed by atoms with E-state index in [-0.39, 0.29) is 55.8 Å². The first-order valence-electron chi connectivity index (χ1n) is 11.0. The molecule has 0 aliphatic rings. The first-order valence-corrected chi connectivity index (χ1v) is 11.0. The summed E-state index contributed by atoms with van der Waals surface area (Å²) in [6.45, 7) is 13.2. The van der Waals surface area contributed by atoms with Gasteiger partial charge in [0.25, 0.3) is 0 Å². The molecule has 0 aromatic heterocycles. The van der Waals surface area contributed by atoms with Gasteiger partial charge in [-0.1, -0.05) is 54.4 Å². The minimum Gasteiger partial charge on any atom is -0.481 e. The maximum Gasteiger partial charge on any atom is 0.310 e. The molecule has 0 rings (SSSR count). The zero-order valence-corrected chi connectivity index (χ0v) is 23.4. The van der Waals surface area contributed by atoms with Crippen molar-refractivity contribution in [3.63, 3.8) is 0 Å². The minimum atomic E-state index is -1.04. The van der Waals surface area contributed by atoms with Crippen LogP contribution in [-0.2, 0) is 35.8 Å². The van der Waals surface area contributed by atoms with Crippen LogP contribution in [0.4, 0.5) is 0 Å². The molecule has 0 aliphatic heterocycles. The second-order valence-corrected chi connectivity index (χ2v) is 5.79. The van der Waals surface area contributed by atoms with E-state index in [1.54, 1.807) is 6.92 Å². The van der Waals surface area contributed by atoms with Gasteiger partial charge in [0.05, 0.1) is 0 Å². The van der Waals surface area contributed by atoms with Gasteiger partial charge in [-0.05, 0) is 32.1 Å². The Kier molecular flexibility index (Phi) is 117. The van der Waals surface area contributed by atoms with Crippen LogP contribution < -0.4 is 0 Å². The Labute approximate surface area is 227 Å². The van der Waals surface area contributed by atoms with Crippen molar-refractivity contribution >= 4 is 29.1 Å². The number of hydrogen-bond acceptors (Lipinski definition) is 7. The van der Waals surface area contributed by atoms with Crippen molar-refractivity contribution < 1.29 is 66.4 Å². The van der Waals surface area contributed by atoms with E-state index in [1.807, 2.05) is 20.8 Å². The normalized spacial score (nSPS) is 7.59. The van der Waals surface area contributed by atoms with Crippen LogP contribution in [0.1, 0.15) is 99.3 Å². The van der Waals surface area contributed by atoms with E-state index in [4.69, 9.17) is 30.6 Å². The number of Topliss-reactive ketones (excluding diaryl/α,β-unsaturated/α-hetero) is 1. The Morgan fingerprint density at radius 1 is 0.562 bits per heavy atom. The molecule has 0 saturated heterocycles. The number of carboxylic acids is 1. The van der Waals surface area contributed by atoms with Gasteiger partial charge in [-0.2, -0.15) is 0 Å². The zero-order chi connectivity index (χ0) is 25.1. The van der Waals surface area contributed by atoms with Gasteiger partial charge >= 0.3 is 5.97 Å². The molecular weight excluding hydrogens is 510 g/mol. The van der Waals surface area contributed by atoms with Crippen LogP contribution in [0.15, 0.2) is 0 Å². The first-order chi connectivity index (χ1) is 14.2. The molecule has 0 heterocycles. The summed E-state index contributed by atoms with van der Waals surface area (Å²) < 4.78 is 0. The molecular formula is C22H55AlO8Zr. The van der Waals surface area contributed by atoms with Gasteiger partial charge < -0.3 is 30.6 Å². The van der Waals surface area contributed by atoms with Crippen molar-refractivity contribution in [2.75, 3.05) is 33.0 Å². The van der Waals surface area contributed by atoms with E-state index >= 15 is 0 Å². The van der Waals surface area contributed by atoms with E-state index in [0.29, 0.717) is 39.5 Å². The van der Waals surface area contributed by atoms with Crippen molar-refractivity contribution in [3.05, 3.63) is 0 Å². The van der Waals surface area contributed by atoms with Crippen LogP contribution in [-0.4, -0.2) is 92.8 Å². The summed E-state index contributed by atoms with van der Waals surface area (Å²) >= 11 is 0. The Bertz CT molecular complexity index is 249. The molecule has 8 nitrogen and oxygen atoms in total. The fourth-order valence-corrected chi connectivity index (χ4v) is 0.610. The molecule has 0 radical (unpaired) electrons. The van der Waals surface area contributed by atoms with Crippen molar-refractivity contribution in [2.24, 2.45) is 0 Å². The van der Waals surface area contributed by atoms with Gasteiger partial charge in [0.2, 0.25) is 0 Å². The van der Waals surface area contributed by atoms with Gasteiger partial charge in [-0.25, -0.2) is 0 Å². The molecule has 0 unspecified atom stereocenters. The summed E-state index contributed by atoms with van der Waals surface area (Å²) in [6.07, 6.45) is 6.68. The van der Waals surface area contributed by atoms with Crippen LogP contribution >= 0.6 is 0 Å². The maximum atomic E-state index is 10.2. The van der Waals surface area contributed by atoms with Crippen molar-refractivity contribution in [1.29, 1.82) is 0 Å². The number of carbonyl (C=O) groups excluding carboxylic acids is 1. The van der Waals surface area contributed by atoms with Crippen molar-refractivity contribution in [3.8, 4) is 0 Å². The number of ketones is 1. The van der Waals surface area contributed by atoms with Crippen LogP contribution in [0.2, 0.25) is 0 Å². The van der Waals surface area contributed by atoms with Gasteiger partial charge in [0.15, 0.2) is 17.4 Å². The van der Waals surface area contributed by atoms with E-state index in [1.165, 1.54) is 0 Å². The van der Waals surface area contributed by atoms with Crippen LogP contribution in [0, 0.1) is 0 Å². The van der Waals surface area contributed by atoms with Crippen LogP contribution in [0.5, 0.6) is 0 Å². The molecule has 6 N–H and O–H groups in total. The number of unbranched alkanes of at least 4 members (excludes halogenated alkanes) is 2. The standard InChI is InChI=1S/C5H8O3.2C4H10O.3C3H8O.Al.Zr.3H/c1-2-4(6)3-5(7)8;2*1-2-3-4-5;3*1-2-3-4;;;;;/h2-3H2,1H3,(H,7,8);2*5H,2-4H2,1H3;3*4H,2-3H2,1H3;;;;;. The van der Waals surface area contributed by atoms with E-state index in [9.17, 15) is 9.59 Å². The maximum absolute atomic E-state index is 10.2. The van der Waals surface area contributed by atoms with E-state index in [2.05, 4.69) is 13.8 Å². The summed E-state index contributed by atoms with van der Waals surface area (Å²) in [5.41, 5.74) is 0. The predicted molar refractivity (Wildman–Crippen MR) is 134 cm³/mol. The summed E-state index contributed by atoms with van der Waals surface area (Å²) in [5, 5.41) is 47.8. The first kappa shape index (κ1) is 53.6. The number of carboxylic acid groups (broad SMARTS) is 1. The summed E-state index contributed by atoms with van der Waals surface area (Å²) in [5.74, 6) is -1.27. The van der Waals surface area contributed by atoms with Gasteiger partial charge in [0, 0.05) is 65.7 Å². The Balaban J connectivity index is -0.0000000364. The largest absolute Gasteiger partial charge is 0.481 e. The SMILES string of the molecule is CCC(=O)CC(=O)O.CCCCO.CCCCO.CCCO.CCCO.CCCO.[AlH3].[Zr]. The van der Waals surface area contributed by atoms with Gasteiger partial charge in [-0.3, -0.25) is 9.59 Å². The monoisotopic (exact) mass is 564 g/mol. The summed E-state index contributed by atoms with van der Waals surface area (Å²) in [7, 11) is 0. The van der Waals surface area contributed by atoms with Gasteiger partial charge in [0.1, 0.15) is 12.2 Å². The Morgan fingerprint density at radius 3 is 0.844 bits per heavy atom. The summed E-state index contributed by atoms with van der Waals surface area (Å²) in [6, 6.07) is 0. The molecule has 198 valence electrons. The number of hydrogen-bond donors (Lipinski definition) is 6. The molecule has 0 saturated carbocycles. The van der Waals surface area contributed by atoms with E-state index < -0.39 is 5.97 Å². The van der Waals surface area contributed by atoms with Crippen molar-refractivity contribution in [2.45, 2.75) is 99.3 Å². The fraction of sp³-hybridized carbons (Fsp3) is 0.909. The molecule has 32 heavy (non-hydrogen) atoms. The Hall–Kier alpha value is 0.356.